The molecule has 0 radical (unpaired) electrons. The molecule has 80 valence electrons. The number of carbonyl (C=O) groups excluding carboxylic acids is 1. The van der Waals surface area contributed by atoms with Crippen LogP contribution in [0.15, 0.2) is 47.3 Å². The van der Waals surface area contributed by atoms with Crippen molar-refractivity contribution < 1.29 is 9.21 Å². The lowest BCUT2D eigenvalue weighted by molar-refractivity contribution is -0.111. The van der Waals surface area contributed by atoms with Gasteiger partial charge in [0.15, 0.2) is 5.78 Å². The van der Waals surface area contributed by atoms with Crippen molar-refractivity contribution in [2.75, 3.05) is 0 Å². The molecule has 0 unspecified atom stereocenters. The summed E-state index contributed by atoms with van der Waals surface area (Å²) in [7, 11) is 0. The fourth-order valence-corrected chi connectivity index (χ4v) is 1.44. The van der Waals surface area contributed by atoms with Crippen LogP contribution in [0.5, 0.6) is 0 Å². The van der Waals surface area contributed by atoms with Gasteiger partial charge in [0.2, 0.25) is 0 Å². The molecule has 2 rings (SSSR count). The molecule has 0 N–H and O–H groups in total. The van der Waals surface area contributed by atoms with Crippen LogP contribution in [0.2, 0.25) is 0 Å². The van der Waals surface area contributed by atoms with Crippen LogP contribution in [0.4, 0.5) is 0 Å². The van der Waals surface area contributed by atoms with Crippen molar-refractivity contribution in [3.8, 4) is 0 Å². The SMILES string of the molecule is CC(=O)/C(=C/c1ccco1)c1ccncc1. The van der Waals surface area contributed by atoms with Crippen molar-refractivity contribution in [3.05, 3.63) is 54.2 Å². The molecule has 3 nitrogen and oxygen atoms in total. The summed E-state index contributed by atoms with van der Waals surface area (Å²) in [6.45, 7) is 1.54. The Labute approximate surface area is 93.4 Å². The summed E-state index contributed by atoms with van der Waals surface area (Å²) in [6.07, 6.45) is 6.64. The van der Waals surface area contributed by atoms with E-state index in [4.69, 9.17) is 4.42 Å². The first-order valence-corrected chi connectivity index (χ1v) is 4.94. The summed E-state index contributed by atoms with van der Waals surface area (Å²) in [4.78, 5) is 15.5. The van der Waals surface area contributed by atoms with E-state index in [-0.39, 0.29) is 5.78 Å². The van der Waals surface area contributed by atoms with Gasteiger partial charge in [-0.05, 0) is 42.8 Å². The van der Waals surface area contributed by atoms with E-state index in [1.807, 2.05) is 6.07 Å². The van der Waals surface area contributed by atoms with Crippen LogP contribution in [0.25, 0.3) is 11.6 Å². The van der Waals surface area contributed by atoms with Gasteiger partial charge in [0.1, 0.15) is 5.76 Å². The molecular formula is C13H11NO2. The summed E-state index contributed by atoms with van der Waals surface area (Å²) in [5.74, 6) is 0.671. The highest BCUT2D eigenvalue weighted by atomic mass is 16.3. The number of carbonyl (C=O) groups is 1. The molecule has 0 bridgehead atoms. The smallest absolute Gasteiger partial charge is 0.160 e. The fourth-order valence-electron chi connectivity index (χ4n) is 1.44. The first kappa shape index (κ1) is 10.4. The second-order valence-corrected chi connectivity index (χ2v) is 3.37. The Kier molecular flexibility index (Phi) is 2.96. The number of aromatic nitrogens is 1. The minimum absolute atomic E-state index is 0.00241. The largest absolute Gasteiger partial charge is 0.465 e. The Bertz CT molecular complexity index is 498. The fraction of sp³-hybridized carbons (Fsp3) is 0.0769. The van der Waals surface area contributed by atoms with Crippen LogP contribution in [-0.2, 0) is 4.79 Å². The molecule has 0 amide bonds. The third kappa shape index (κ3) is 2.25. The van der Waals surface area contributed by atoms with Crippen LogP contribution >= 0.6 is 0 Å². The van der Waals surface area contributed by atoms with Crippen molar-refractivity contribution in [2.45, 2.75) is 6.92 Å². The lowest BCUT2D eigenvalue weighted by atomic mass is 10.0. The standard InChI is InChI=1S/C13H11NO2/c1-10(15)13(9-12-3-2-8-16-12)11-4-6-14-7-5-11/h2-9H,1H3/b13-9-. The molecule has 2 heterocycles. The normalized spacial score (nSPS) is 11.4. The summed E-state index contributed by atoms with van der Waals surface area (Å²) in [5.41, 5.74) is 1.47. The van der Waals surface area contributed by atoms with Gasteiger partial charge < -0.3 is 4.42 Å². The van der Waals surface area contributed by atoms with E-state index >= 15 is 0 Å². The van der Waals surface area contributed by atoms with E-state index in [9.17, 15) is 4.79 Å². The maximum Gasteiger partial charge on any atom is 0.160 e. The van der Waals surface area contributed by atoms with Gasteiger partial charge in [0.05, 0.1) is 6.26 Å². The summed E-state index contributed by atoms with van der Waals surface area (Å²) < 4.78 is 5.19. The van der Waals surface area contributed by atoms with E-state index in [2.05, 4.69) is 4.98 Å². The van der Waals surface area contributed by atoms with Crippen LogP contribution < -0.4 is 0 Å². The number of rotatable bonds is 3. The Morgan fingerprint density at radius 3 is 2.62 bits per heavy atom. The quantitative estimate of drug-likeness (QED) is 0.736. The lowest BCUT2D eigenvalue weighted by Crippen LogP contribution is -1.95. The molecule has 0 aliphatic heterocycles. The van der Waals surface area contributed by atoms with Crippen LogP contribution in [0, 0.1) is 0 Å². The van der Waals surface area contributed by atoms with E-state index in [0.29, 0.717) is 11.3 Å². The lowest BCUT2D eigenvalue weighted by Gasteiger charge is -2.02. The van der Waals surface area contributed by atoms with Crippen molar-refractivity contribution in [1.82, 2.24) is 4.98 Å². The molecule has 0 aromatic carbocycles. The summed E-state index contributed by atoms with van der Waals surface area (Å²) in [6, 6.07) is 7.20. The third-order valence-electron chi connectivity index (χ3n) is 2.20. The first-order valence-electron chi connectivity index (χ1n) is 4.94. The molecule has 16 heavy (non-hydrogen) atoms. The third-order valence-corrected chi connectivity index (χ3v) is 2.20. The predicted octanol–water partition coefficient (Wildman–Crippen LogP) is 2.80. The average molecular weight is 213 g/mol. The molecule has 0 saturated heterocycles. The predicted molar refractivity (Wildman–Crippen MR) is 61.5 cm³/mol. The molecule has 2 aromatic heterocycles. The van der Waals surface area contributed by atoms with E-state index in [1.165, 1.54) is 6.92 Å². The zero-order valence-corrected chi connectivity index (χ0v) is 8.88. The molecule has 2 aromatic rings. The number of hydrogen-bond donors (Lipinski definition) is 0. The van der Waals surface area contributed by atoms with E-state index < -0.39 is 0 Å². The minimum atomic E-state index is 0.00241. The van der Waals surface area contributed by atoms with Gasteiger partial charge in [-0.3, -0.25) is 9.78 Å². The average Bonchev–Trinajstić information content (AvgIpc) is 2.79. The minimum Gasteiger partial charge on any atom is -0.465 e. The number of allylic oxidation sites excluding steroid dienone is 1. The van der Waals surface area contributed by atoms with Gasteiger partial charge in [-0.1, -0.05) is 0 Å². The zero-order valence-electron chi connectivity index (χ0n) is 8.88. The van der Waals surface area contributed by atoms with Crippen molar-refractivity contribution >= 4 is 17.4 Å². The van der Waals surface area contributed by atoms with Crippen molar-refractivity contribution in [2.24, 2.45) is 0 Å². The molecule has 3 heteroatoms. The zero-order chi connectivity index (χ0) is 11.4. The number of ketones is 1. The number of furan rings is 1. The van der Waals surface area contributed by atoms with Gasteiger partial charge in [-0.15, -0.1) is 0 Å². The Balaban J connectivity index is 2.43. The van der Waals surface area contributed by atoms with E-state index in [1.54, 1.807) is 42.9 Å². The van der Waals surface area contributed by atoms with Crippen molar-refractivity contribution in [3.63, 3.8) is 0 Å². The molecule has 0 aliphatic rings. The van der Waals surface area contributed by atoms with Gasteiger partial charge in [-0.2, -0.15) is 0 Å². The Morgan fingerprint density at radius 2 is 2.06 bits per heavy atom. The van der Waals surface area contributed by atoms with Crippen LogP contribution in [0.3, 0.4) is 0 Å². The highest BCUT2D eigenvalue weighted by Gasteiger charge is 2.07. The molecule has 0 aliphatic carbocycles. The highest BCUT2D eigenvalue weighted by Crippen LogP contribution is 2.18. The van der Waals surface area contributed by atoms with Crippen LogP contribution in [-0.4, -0.2) is 10.8 Å². The molecule has 0 spiro atoms. The topological polar surface area (TPSA) is 43.1 Å². The monoisotopic (exact) mass is 213 g/mol. The van der Waals surface area contributed by atoms with Crippen LogP contribution in [0.1, 0.15) is 18.2 Å². The van der Waals surface area contributed by atoms with Gasteiger partial charge in [-0.25, -0.2) is 0 Å². The number of Topliss-reactive ketones (excluding diaryl/α,β-unsaturated/α-hetero) is 1. The maximum absolute atomic E-state index is 11.5. The molecule has 0 fully saturated rings. The Hall–Kier alpha value is -2.16. The second kappa shape index (κ2) is 4.57. The molecular weight excluding hydrogens is 202 g/mol. The summed E-state index contributed by atoms with van der Waals surface area (Å²) >= 11 is 0. The van der Waals surface area contributed by atoms with Gasteiger partial charge in [0.25, 0.3) is 0 Å². The Morgan fingerprint density at radius 1 is 1.31 bits per heavy atom. The highest BCUT2D eigenvalue weighted by molar-refractivity contribution is 6.24. The maximum atomic E-state index is 11.5. The summed E-state index contributed by atoms with van der Waals surface area (Å²) in [5, 5.41) is 0. The molecule has 0 saturated carbocycles. The van der Waals surface area contributed by atoms with Gasteiger partial charge >= 0.3 is 0 Å². The number of hydrogen-bond acceptors (Lipinski definition) is 3. The second-order valence-electron chi connectivity index (χ2n) is 3.37. The first-order chi connectivity index (χ1) is 7.77. The van der Waals surface area contributed by atoms with E-state index in [0.717, 1.165) is 5.56 Å². The number of pyridine rings is 1. The number of nitrogens with zero attached hydrogens (tertiary/aromatic N) is 1. The van der Waals surface area contributed by atoms with Gasteiger partial charge in [0, 0.05) is 18.0 Å². The van der Waals surface area contributed by atoms with Crippen molar-refractivity contribution in [1.29, 1.82) is 0 Å². The molecule has 0 atom stereocenters.